The number of hydrogen-bond acceptors (Lipinski definition) is 5. The zero-order valence-corrected chi connectivity index (χ0v) is 14.3. The van der Waals surface area contributed by atoms with Crippen molar-refractivity contribution in [3.63, 3.8) is 0 Å². The summed E-state index contributed by atoms with van der Waals surface area (Å²) in [5.41, 5.74) is 2.12. The molecule has 0 bridgehead atoms. The van der Waals surface area contributed by atoms with Gasteiger partial charge in [-0.15, -0.1) is 0 Å². The van der Waals surface area contributed by atoms with Crippen LogP contribution in [0.5, 0.6) is 0 Å². The van der Waals surface area contributed by atoms with Crippen LogP contribution in [-0.2, 0) is 24.3 Å². The zero-order chi connectivity index (χ0) is 16.9. The van der Waals surface area contributed by atoms with Gasteiger partial charge in [0.1, 0.15) is 0 Å². The van der Waals surface area contributed by atoms with Crippen molar-refractivity contribution in [1.82, 2.24) is 15.5 Å². The van der Waals surface area contributed by atoms with Crippen molar-refractivity contribution in [3.05, 3.63) is 41.5 Å². The van der Waals surface area contributed by atoms with E-state index in [1.54, 1.807) is 0 Å². The number of amides is 1. The second-order valence-corrected chi connectivity index (χ2v) is 6.62. The predicted octanol–water partition coefficient (Wildman–Crippen LogP) is 2.68. The number of carbonyl (C=O) groups is 1. The van der Waals surface area contributed by atoms with Crippen molar-refractivity contribution < 1.29 is 9.32 Å². The fourth-order valence-corrected chi connectivity index (χ4v) is 2.87. The molecular formula is C18H24N4O2. The first-order chi connectivity index (χ1) is 11.6. The van der Waals surface area contributed by atoms with Gasteiger partial charge in [-0.25, -0.2) is 0 Å². The van der Waals surface area contributed by atoms with E-state index < -0.39 is 0 Å². The lowest BCUT2D eigenvalue weighted by Crippen LogP contribution is -2.24. The molecule has 1 fully saturated rings. The highest BCUT2D eigenvalue weighted by molar-refractivity contribution is 5.95. The van der Waals surface area contributed by atoms with Gasteiger partial charge in [0, 0.05) is 31.6 Å². The van der Waals surface area contributed by atoms with Crippen LogP contribution in [0.3, 0.4) is 0 Å². The summed E-state index contributed by atoms with van der Waals surface area (Å²) in [5.74, 6) is 2.08. The summed E-state index contributed by atoms with van der Waals surface area (Å²) in [4.78, 5) is 18.1. The normalized spacial score (nSPS) is 14.8. The standard InChI is InChI=1S/C18H24N4O2/c1-13(2)9-17-20-16(21-24-17)12-19-11-14-5-3-6-15(10-14)22-8-4-7-18(22)23/h3,5-6,10,13,19H,4,7-9,11-12H2,1-2H3. The highest BCUT2D eigenvalue weighted by Gasteiger charge is 2.21. The third-order valence-corrected chi connectivity index (χ3v) is 4.00. The van der Waals surface area contributed by atoms with Gasteiger partial charge in [-0.05, 0) is 30.0 Å². The highest BCUT2D eigenvalue weighted by Crippen LogP contribution is 2.22. The van der Waals surface area contributed by atoms with Crippen LogP contribution in [0.25, 0.3) is 0 Å². The minimum Gasteiger partial charge on any atom is -0.339 e. The smallest absolute Gasteiger partial charge is 0.227 e. The number of carbonyl (C=O) groups excluding carboxylic acids is 1. The monoisotopic (exact) mass is 328 g/mol. The summed E-state index contributed by atoms with van der Waals surface area (Å²) in [5, 5.41) is 7.31. The fourth-order valence-electron chi connectivity index (χ4n) is 2.87. The molecule has 0 atom stereocenters. The number of anilines is 1. The van der Waals surface area contributed by atoms with Gasteiger partial charge in [0.15, 0.2) is 5.82 Å². The topological polar surface area (TPSA) is 71.3 Å². The van der Waals surface area contributed by atoms with Crippen LogP contribution in [0, 0.1) is 5.92 Å². The molecule has 6 heteroatoms. The van der Waals surface area contributed by atoms with E-state index in [0.29, 0.717) is 37.1 Å². The maximum absolute atomic E-state index is 11.8. The van der Waals surface area contributed by atoms with Crippen LogP contribution >= 0.6 is 0 Å². The third-order valence-electron chi connectivity index (χ3n) is 4.00. The van der Waals surface area contributed by atoms with E-state index in [0.717, 1.165) is 30.6 Å². The van der Waals surface area contributed by atoms with E-state index in [1.165, 1.54) is 0 Å². The Hall–Kier alpha value is -2.21. The number of nitrogens with one attached hydrogen (secondary N) is 1. The lowest BCUT2D eigenvalue weighted by molar-refractivity contribution is -0.117. The van der Waals surface area contributed by atoms with Gasteiger partial charge in [-0.1, -0.05) is 31.1 Å². The van der Waals surface area contributed by atoms with Crippen LogP contribution in [0.4, 0.5) is 5.69 Å². The van der Waals surface area contributed by atoms with Crippen LogP contribution in [0.1, 0.15) is 44.0 Å². The van der Waals surface area contributed by atoms with Crippen LogP contribution in [0.2, 0.25) is 0 Å². The van der Waals surface area contributed by atoms with Crippen LogP contribution in [-0.4, -0.2) is 22.6 Å². The Labute approximate surface area is 142 Å². The van der Waals surface area contributed by atoms with E-state index >= 15 is 0 Å². The molecule has 1 aromatic heterocycles. The van der Waals surface area contributed by atoms with Crippen molar-refractivity contribution in [2.24, 2.45) is 5.92 Å². The average Bonchev–Trinajstić information content (AvgIpc) is 3.16. The molecule has 6 nitrogen and oxygen atoms in total. The summed E-state index contributed by atoms with van der Waals surface area (Å²) in [6.45, 7) is 6.33. The summed E-state index contributed by atoms with van der Waals surface area (Å²) in [6.07, 6.45) is 2.40. The van der Waals surface area contributed by atoms with E-state index in [9.17, 15) is 4.79 Å². The molecule has 1 amide bonds. The van der Waals surface area contributed by atoms with E-state index in [1.807, 2.05) is 17.0 Å². The summed E-state index contributed by atoms with van der Waals surface area (Å²) < 4.78 is 5.23. The van der Waals surface area contributed by atoms with Gasteiger partial charge in [-0.2, -0.15) is 4.98 Å². The van der Waals surface area contributed by atoms with Crippen molar-refractivity contribution >= 4 is 11.6 Å². The van der Waals surface area contributed by atoms with Gasteiger partial charge < -0.3 is 14.7 Å². The fraction of sp³-hybridized carbons (Fsp3) is 0.500. The average molecular weight is 328 g/mol. The summed E-state index contributed by atoms with van der Waals surface area (Å²) in [6, 6.07) is 8.10. The minimum atomic E-state index is 0.213. The van der Waals surface area contributed by atoms with Crippen molar-refractivity contribution in [2.75, 3.05) is 11.4 Å². The Morgan fingerprint density at radius 2 is 2.21 bits per heavy atom. The van der Waals surface area contributed by atoms with Crippen LogP contribution < -0.4 is 10.2 Å². The maximum Gasteiger partial charge on any atom is 0.227 e. The van der Waals surface area contributed by atoms with Gasteiger partial charge in [0.25, 0.3) is 0 Å². The lowest BCUT2D eigenvalue weighted by Gasteiger charge is -2.16. The number of benzene rings is 1. The Morgan fingerprint density at radius 3 is 2.96 bits per heavy atom. The number of rotatable bonds is 7. The first-order valence-electron chi connectivity index (χ1n) is 8.53. The predicted molar refractivity (Wildman–Crippen MR) is 91.4 cm³/mol. The maximum atomic E-state index is 11.8. The molecular weight excluding hydrogens is 304 g/mol. The zero-order valence-electron chi connectivity index (χ0n) is 14.3. The second kappa shape index (κ2) is 7.57. The van der Waals surface area contributed by atoms with Crippen molar-refractivity contribution in [2.45, 2.75) is 46.2 Å². The van der Waals surface area contributed by atoms with Crippen LogP contribution in [0.15, 0.2) is 28.8 Å². The molecule has 0 unspecified atom stereocenters. The molecule has 1 aromatic carbocycles. The van der Waals surface area contributed by atoms with Crippen molar-refractivity contribution in [3.8, 4) is 0 Å². The SMILES string of the molecule is CC(C)Cc1nc(CNCc2cccc(N3CCCC3=O)c2)no1. The molecule has 24 heavy (non-hydrogen) atoms. The van der Waals surface area contributed by atoms with E-state index in [-0.39, 0.29) is 5.91 Å². The van der Waals surface area contributed by atoms with E-state index in [2.05, 4.69) is 41.4 Å². The van der Waals surface area contributed by atoms with Gasteiger partial charge in [0.05, 0.1) is 6.54 Å². The molecule has 1 N–H and O–H groups in total. The molecule has 0 aliphatic carbocycles. The molecule has 0 saturated carbocycles. The lowest BCUT2D eigenvalue weighted by atomic mass is 10.1. The summed E-state index contributed by atoms with van der Waals surface area (Å²) >= 11 is 0. The molecule has 0 spiro atoms. The Bertz CT molecular complexity index is 696. The van der Waals surface area contributed by atoms with Gasteiger partial charge in [-0.3, -0.25) is 4.79 Å². The minimum absolute atomic E-state index is 0.213. The molecule has 128 valence electrons. The number of nitrogens with zero attached hydrogens (tertiary/aromatic N) is 3. The molecule has 2 heterocycles. The first kappa shape index (κ1) is 16.6. The molecule has 3 rings (SSSR count). The first-order valence-corrected chi connectivity index (χ1v) is 8.53. The van der Waals surface area contributed by atoms with Crippen molar-refractivity contribution in [1.29, 1.82) is 0 Å². The molecule has 1 saturated heterocycles. The molecule has 0 radical (unpaired) electrons. The third kappa shape index (κ3) is 4.20. The molecule has 1 aliphatic rings. The Kier molecular flexibility index (Phi) is 5.25. The Balaban J connectivity index is 1.53. The second-order valence-electron chi connectivity index (χ2n) is 6.62. The largest absolute Gasteiger partial charge is 0.339 e. The molecule has 2 aromatic rings. The molecule has 1 aliphatic heterocycles. The summed E-state index contributed by atoms with van der Waals surface area (Å²) in [7, 11) is 0. The Morgan fingerprint density at radius 1 is 1.33 bits per heavy atom. The van der Waals surface area contributed by atoms with Gasteiger partial charge in [0.2, 0.25) is 11.8 Å². The number of hydrogen-bond donors (Lipinski definition) is 1. The van der Waals surface area contributed by atoms with E-state index in [4.69, 9.17) is 4.52 Å². The quantitative estimate of drug-likeness (QED) is 0.846. The highest BCUT2D eigenvalue weighted by atomic mass is 16.5. The van der Waals surface area contributed by atoms with Gasteiger partial charge >= 0.3 is 0 Å². The number of aromatic nitrogens is 2.